The van der Waals surface area contributed by atoms with Gasteiger partial charge in [0.2, 0.25) is 5.91 Å². The number of rotatable bonds is 9. The number of nitrogens with one attached hydrogen (secondary N) is 1. The average molecular weight is 285 g/mol. The Balaban J connectivity index is 4.87. The molecule has 0 aliphatic carbocycles. The van der Waals surface area contributed by atoms with Crippen LogP contribution in [-0.2, 0) is 14.3 Å². The second-order valence-corrected chi connectivity index (χ2v) is 6.44. The van der Waals surface area contributed by atoms with Crippen LogP contribution in [0.1, 0.15) is 47.5 Å². The Morgan fingerprint density at radius 2 is 1.75 bits per heavy atom. The van der Waals surface area contributed by atoms with Crippen molar-refractivity contribution in [1.29, 1.82) is 0 Å². The topological polar surface area (TPSA) is 55.4 Å². The molecule has 0 aromatic heterocycles. The van der Waals surface area contributed by atoms with Crippen molar-refractivity contribution in [3.05, 3.63) is 0 Å². The quantitative estimate of drug-likeness (QED) is 0.708. The van der Waals surface area contributed by atoms with Gasteiger partial charge in [-0.05, 0) is 31.6 Å². The van der Waals surface area contributed by atoms with E-state index in [1.54, 1.807) is 21.1 Å². The van der Waals surface area contributed by atoms with E-state index >= 15 is 0 Å². The third kappa shape index (κ3) is 5.23. The van der Waals surface area contributed by atoms with Gasteiger partial charge in [-0.15, -0.1) is 0 Å². The van der Waals surface area contributed by atoms with Crippen LogP contribution in [0.3, 0.4) is 0 Å². The molecule has 0 radical (unpaired) electrons. The summed E-state index contributed by atoms with van der Waals surface area (Å²) in [6, 6.07) is 0. The summed E-state index contributed by atoms with van der Waals surface area (Å²) in [5, 5.41) is 2.67. The first-order valence-electron chi connectivity index (χ1n) is 7.40. The van der Waals surface area contributed by atoms with Crippen LogP contribution < -0.4 is 5.32 Å². The first-order valence-corrected chi connectivity index (χ1v) is 7.40. The van der Waals surface area contributed by atoms with Crippen LogP contribution in [0.15, 0.2) is 0 Å². The van der Waals surface area contributed by atoms with Gasteiger partial charge >= 0.3 is 0 Å². The van der Waals surface area contributed by atoms with E-state index in [9.17, 15) is 9.59 Å². The fourth-order valence-electron chi connectivity index (χ4n) is 2.64. The van der Waals surface area contributed by atoms with Crippen molar-refractivity contribution in [3.8, 4) is 0 Å². The van der Waals surface area contributed by atoms with Crippen molar-refractivity contribution in [2.24, 2.45) is 23.2 Å². The Kier molecular flexibility index (Phi) is 8.02. The van der Waals surface area contributed by atoms with Crippen molar-refractivity contribution >= 4 is 11.7 Å². The van der Waals surface area contributed by atoms with Gasteiger partial charge in [0.15, 0.2) is 0 Å². The van der Waals surface area contributed by atoms with E-state index in [1.165, 1.54) is 0 Å². The van der Waals surface area contributed by atoms with Gasteiger partial charge < -0.3 is 10.1 Å². The van der Waals surface area contributed by atoms with Gasteiger partial charge in [-0.2, -0.15) is 0 Å². The number of methoxy groups -OCH3 is 1. The number of hydrogen-bond acceptors (Lipinski definition) is 3. The second-order valence-electron chi connectivity index (χ2n) is 6.44. The van der Waals surface area contributed by atoms with Crippen LogP contribution in [-0.4, -0.2) is 32.5 Å². The normalized spacial score (nSPS) is 16.4. The SMILES string of the molecule is CNC(=O)C(C)(C)C(CC(C)C(C)CCOC)C(C)=O. The van der Waals surface area contributed by atoms with E-state index in [0.29, 0.717) is 11.8 Å². The summed E-state index contributed by atoms with van der Waals surface area (Å²) in [5.74, 6) is 0.613. The highest BCUT2D eigenvalue weighted by Crippen LogP contribution is 2.35. The summed E-state index contributed by atoms with van der Waals surface area (Å²) in [6.45, 7) is 10.3. The smallest absolute Gasteiger partial charge is 0.226 e. The maximum Gasteiger partial charge on any atom is 0.226 e. The van der Waals surface area contributed by atoms with E-state index in [-0.39, 0.29) is 17.6 Å². The zero-order valence-electron chi connectivity index (χ0n) is 14.1. The summed E-state index contributed by atoms with van der Waals surface area (Å²) < 4.78 is 5.11. The lowest BCUT2D eigenvalue weighted by Gasteiger charge is -2.34. The van der Waals surface area contributed by atoms with Crippen LogP contribution in [0.4, 0.5) is 0 Å². The van der Waals surface area contributed by atoms with Gasteiger partial charge in [0, 0.05) is 26.7 Å². The number of carbonyl (C=O) groups excluding carboxylic acids is 2. The van der Waals surface area contributed by atoms with Gasteiger partial charge in [-0.1, -0.05) is 27.7 Å². The fourth-order valence-corrected chi connectivity index (χ4v) is 2.64. The van der Waals surface area contributed by atoms with Gasteiger partial charge in [0.25, 0.3) is 0 Å². The maximum absolute atomic E-state index is 12.0. The molecule has 0 fully saturated rings. The van der Waals surface area contributed by atoms with Gasteiger partial charge in [-0.3, -0.25) is 9.59 Å². The number of Topliss-reactive ketones (excluding diaryl/α,β-unsaturated/α-hetero) is 1. The number of ether oxygens (including phenoxy) is 1. The molecule has 0 rings (SSSR count). The molecule has 1 N–H and O–H groups in total. The molecule has 3 atom stereocenters. The molecule has 3 unspecified atom stereocenters. The van der Waals surface area contributed by atoms with E-state index < -0.39 is 5.41 Å². The van der Waals surface area contributed by atoms with Gasteiger partial charge in [0.1, 0.15) is 5.78 Å². The Hall–Kier alpha value is -0.900. The monoisotopic (exact) mass is 285 g/mol. The molecule has 0 aliphatic rings. The summed E-state index contributed by atoms with van der Waals surface area (Å²) >= 11 is 0. The summed E-state index contributed by atoms with van der Waals surface area (Å²) in [4.78, 5) is 24.0. The molecular formula is C16H31NO3. The summed E-state index contributed by atoms with van der Waals surface area (Å²) in [5.41, 5.74) is -0.671. The highest BCUT2D eigenvalue weighted by Gasteiger charge is 2.40. The molecule has 4 nitrogen and oxygen atoms in total. The Morgan fingerprint density at radius 3 is 2.15 bits per heavy atom. The first-order chi connectivity index (χ1) is 9.18. The van der Waals surface area contributed by atoms with E-state index in [0.717, 1.165) is 19.4 Å². The first kappa shape index (κ1) is 19.1. The van der Waals surface area contributed by atoms with Crippen molar-refractivity contribution < 1.29 is 14.3 Å². The van der Waals surface area contributed by atoms with Crippen molar-refractivity contribution in [2.45, 2.75) is 47.5 Å². The van der Waals surface area contributed by atoms with Crippen LogP contribution in [0, 0.1) is 23.2 Å². The molecule has 0 heterocycles. The number of hydrogen-bond donors (Lipinski definition) is 1. The largest absolute Gasteiger partial charge is 0.385 e. The van der Waals surface area contributed by atoms with E-state index in [2.05, 4.69) is 19.2 Å². The maximum atomic E-state index is 12.0. The molecular weight excluding hydrogens is 254 g/mol. The third-order valence-corrected chi connectivity index (χ3v) is 4.53. The minimum atomic E-state index is -0.671. The molecule has 0 spiro atoms. The standard InChI is InChI=1S/C16H31NO3/c1-11(8-9-20-7)12(2)10-14(13(3)18)16(4,5)15(19)17-6/h11-12,14H,8-10H2,1-7H3,(H,17,19). The van der Waals surface area contributed by atoms with Crippen molar-refractivity contribution in [1.82, 2.24) is 5.32 Å². The van der Waals surface area contributed by atoms with E-state index in [4.69, 9.17) is 4.74 Å². The molecule has 0 bridgehead atoms. The Morgan fingerprint density at radius 1 is 1.20 bits per heavy atom. The zero-order valence-corrected chi connectivity index (χ0v) is 14.1. The lowest BCUT2D eigenvalue weighted by Crippen LogP contribution is -2.43. The van der Waals surface area contributed by atoms with Gasteiger partial charge in [0.05, 0.1) is 5.41 Å². The Labute approximate surface area is 123 Å². The average Bonchev–Trinajstić information content (AvgIpc) is 2.39. The molecule has 0 aromatic rings. The lowest BCUT2D eigenvalue weighted by atomic mass is 9.70. The fraction of sp³-hybridized carbons (Fsp3) is 0.875. The van der Waals surface area contributed by atoms with Crippen molar-refractivity contribution in [2.75, 3.05) is 20.8 Å². The van der Waals surface area contributed by atoms with E-state index in [1.807, 2.05) is 13.8 Å². The molecule has 0 aliphatic heterocycles. The molecule has 0 aromatic carbocycles. The summed E-state index contributed by atoms with van der Waals surface area (Å²) in [7, 11) is 3.32. The molecule has 0 saturated heterocycles. The predicted molar refractivity (Wildman–Crippen MR) is 81.5 cm³/mol. The zero-order chi connectivity index (χ0) is 15.9. The predicted octanol–water partition coefficient (Wildman–Crippen LogP) is 2.66. The van der Waals surface area contributed by atoms with Crippen LogP contribution >= 0.6 is 0 Å². The van der Waals surface area contributed by atoms with Gasteiger partial charge in [-0.25, -0.2) is 0 Å². The third-order valence-electron chi connectivity index (χ3n) is 4.53. The second kappa shape index (κ2) is 8.40. The Bertz CT molecular complexity index is 326. The number of amides is 1. The highest BCUT2D eigenvalue weighted by molar-refractivity contribution is 5.89. The van der Waals surface area contributed by atoms with Crippen LogP contribution in [0.2, 0.25) is 0 Å². The minimum Gasteiger partial charge on any atom is -0.385 e. The molecule has 1 amide bonds. The minimum absolute atomic E-state index is 0.0746. The molecule has 118 valence electrons. The molecule has 20 heavy (non-hydrogen) atoms. The molecule has 4 heteroatoms. The summed E-state index contributed by atoms with van der Waals surface area (Å²) in [6.07, 6.45) is 1.71. The lowest BCUT2D eigenvalue weighted by molar-refractivity contribution is -0.139. The number of ketones is 1. The van der Waals surface area contributed by atoms with Crippen molar-refractivity contribution in [3.63, 3.8) is 0 Å². The van der Waals surface area contributed by atoms with Crippen LogP contribution in [0.5, 0.6) is 0 Å². The highest BCUT2D eigenvalue weighted by atomic mass is 16.5. The van der Waals surface area contributed by atoms with Crippen LogP contribution in [0.25, 0.3) is 0 Å². The molecule has 0 saturated carbocycles. The number of carbonyl (C=O) groups is 2.